The summed E-state index contributed by atoms with van der Waals surface area (Å²) in [5.41, 5.74) is 1.56. The fraction of sp³-hybridized carbons (Fsp3) is 0.500. The van der Waals surface area contributed by atoms with Crippen molar-refractivity contribution in [2.24, 2.45) is 0 Å². The molecule has 0 N–H and O–H groups in total. The minimum Gasteiger partial charge on any atom is -0.487 e. The van der Waals surface area contributed by atoms with Crippen molar-refractivity contribution in [3.63, 3.8) is 0 Å². The highest BCUT2D eigenvalue weighted by Crippen LogP contribution is 2.34. The zero-order valence-electron chi connectivity index (χ0n) is 10.3. The number of fused-ring (bicyclic) bond motifs is 1. The minimum absolute atomic E-state index is 0.182. The van der Waals surface area contributed by atoms with Gasteiger partial charge >= 0.3 is 0 Å². The van der Waals surface area contributed by atoms with Crippen LogP contribution in [0.5, 0.6) is 5.75 Å². The van der Waals surface area contributed by atoms with Crippen LogP contribution in [0.4, 0.5) is 0 Å². The van der Waals surface area contributed by atoms with E-state index in [1.54, 1.807) is 0 Å². The van der Waals surface area contributed by atoms with Crippen molar-refractivity contribution in [1.82, 2.24) is 0 Å². The molecule has 86 valence electrons. The summed E-state index contributed by atoms with van der Waals surface area (Å²) in [4.78, 5) is 11.9. The van der Waals surface area contributed by atoms with Gasteiger partial charge in [-0.15, -0.1) is 0 Å². The Kier molecular flexibility index (Phi) is 2.53. The minimum atomic E-state index is -0.375. The van der Waals surface area contributed by atoms with Crippen molar-refractivity contribution in [2.45, 2.75) is 45.6 Å². The number of benzene rings is 1. The molecule has 0 spiro atoms. The monoisotopic (exact) mass is 218 g/mol. The van der Waals surface area contributed by atoms with Crippen molar-refractivity contribution in [1.29, 1.82) is 0 Å². The van der Waals surface area contributed by atoms with Crippen LogP contribution in [0.15, 0.2) is 18.2 Å². The first-order valence-electron chi connectivity index (χ1n) is 5.75. The van der Waals surface area contributed by atoms with E-state index in [0.29, 0.717) is 12.3 Å². The molecular weight excluding hydrogens is 200 g/mol. The molecule has 0 radical (unpaired) electrons. The zero-order valence-corrected chi connectivity index (χ0v) is 10.3. The molecule has 2 rings (SSSR count). The zero-order chi connectivity index (χ0) is 11.9. The van der Waals surface area contributed by atoms with Crippen molar-refractivity contribution in [2.75, 3.05) is 0 Å². The lowest BCUT2D eigenvalue weighted by molar-refractivity contribution is 0.0619. The molecule has 0 saturated heterocycles. The number of ether oxygens (including phenoxy) is 1. The van der Waals surface area contributed by atoms with Gasteiger partial charge in [0.15, 0.2) is 5.78 Å². The number of hydrogen-bond donors (Lipinski definition) is 0. The van der Waals surface area contributed by atoms with Crippen molar-refractivity contribution < 1.29 is 9.53 Å². The molecule has 0 saturated carbocycles. The molecule has 0 atom stereocenters. The second-order valence-electron chi connectivity index (χ2n) is 5.37. The van der Waals surface area contributed by atoms with Gasteiger partial charge in [-0.3, -0.25) is 4.79 Å². The summed E-state index contributed by atoms with van der Waals surface area (Å²) in [5, 5.41) is 0. The Morgan fingerprint density at radius 3 is 2.62 bits per heavy atom. The van der Waals surface area contributed by atoms with E-state index >= 15 is 0 Å². The Hall–Kier alpha value is -1.31. The quantitative estimate of drug-likeness (QED) is 0.720. The van der Waals surface area contributed by atoms with Crippen LogP contribution in [0.3, 0.4) is 0 Å². The number of ketones is 1. The first kappa shape index (κ1) is 11.2. The fourth-order valence-electron chi connectivity index (χ4n) is 2.03. The van der Waals surface area contributed by atoms with Gasteiger partial charge in [-0.2, -0.15) is 0 Å². The van der Waals surface area contributed by atoms with Crippen molar-refractivity contribution >= 4 is 5.78 Å². The topological polar surface area (TPSA) is 26.3 Å². The molecule has 1 aromatic rings. The molecule has 1 aliphatic heterocycles. The third-order valence-corrected chi connectivity index (χ3v) is 2.95. The molecule has 0 unspecified atom stereocenters. The van der Waals surface area contributed by atoms with Gasteiger partial charge in [-0.05, 0) is 37.5 Å². The number of Topliss-reactive ketones (excluding diaryl/α,β-unsaturated/α-hetero) is 1. The Morgan fingerprint density at radius 1 is 1.31 bits per heavy atom. The van der Waals surface area contributed by atoms with E-state index in [4.69, 9.17) is 4.74 Å². The Morgan fingerprint density at radius 2 is 2.00 bits per heavy atom. The van der Waals surface area contributed by atoms with Gasteiger partial charge in [-0.1, -0.05) is 19.9 Å². The molecule has 2 heteroatoms. The summed E-state index contributed by atoms with van der Waals surface area (Å²) in [6.45, 7) is 8.18. The number of carbonyl (C=O) groups excluding carboxylic acids is 1. The summed E-state index contributed by atoms with van der Waals surface area (Å²) in [7, 11) is 0. The van der Waals surface area contributed by atoms with Gasteiger partial charge in [0.2, 0.25) is 0 Å². The van der Waals surface area contributed by atoms with Crippen molar-refractivity contribution in [3.8, 4) is 5.75 Å². The van der Waals surface area contributed by atoms with Gasteiger partial charge in [0.05, 0.1) is 12.0 Å². The lowest BCUT2D eigenvalue weighted by atomic mass is 9.91. The maximum atomic E-state index is 11.9. The van der Waals surface area contributed by atoms with E-state index in [2.05, 4.69) is 13.8 Å². The third kappa shape index (κ3) is 1.97. The van der Waals surface area contributed by atoms with Gasteiger partial charge in [0.1, 0.15) is 11.4 Å². The van der Waals surface area contributed by atoms with Gasteiger partial charge in [0.25, 0.3) is 0 Å². The molecule has 1 aliphatic rings. The third-order valence-electron chi connectivity index (χ3n) is 2.95. The molecule has 1 aromatic carbocycles. The molecule has 0 bridgehead atoms. The van der Waals surface area contributed by atoms with E-state index in [0.717, 1.165) is 11.3 Å². The standard InChI is InChI=1S/C14H18O2/c1-9(2)10-5-6-11-12(15)8-14(3,4)16-13(11)7-10/h5-7,9H,8H2,1-4H3. The summed E-state index contributed by atoms with van der Waals surface area (Å²) >= 11 is 0. The van der Waals surface area contributed by atoms with Crippen LogP contribution < -0.4 is 4.74 Å². The van der Waals surface area contributed by atoms with Crippen LogP contribution in [0, 0.1) is 0 Å². The predicted molar refractivity (Wildman–Crippen MR) is 64.2 cm³/mol. The van der Waals surface area contributed by atoms with E-state index in [9.17, 15) is 4.79 Å². The molecule has 0 fully saturated rings. The van der Waals surface area contributed by atoms with Crippen LogP contribution in [0.25, 0.3) is 0 Å². The van der Waals surface area contributed by atoms with Crippen LogP contribution in [0.1, 0.15) is 56.0 Å². The molecule has 16 heavy (non-hydrogen) atoms. The number of carbonyl (C=O) groups is 1. The lowest BCUT2D eigenvalue weighted by Gasteiger charge is -2.32. The van der Waals surface area contributed by atoms with E-state index in [-0.39, 0.29) is 11.4 Å². The van der Waals surface area contributed by atoms with Crippen LogP contribution in [-0.4, -0.2) is 11.4 Å². The highest BCUT2D eigenvalue weighted by atomic mass is 16.5. The molecule has 2 nitrogen and oxygen atoms in total. The SMILES string of the molecule is CC(C)c1ccc2c(c1)OC(C)(C)CC2=O. The Labute approximate surface area is 96.6 Å². The van der Waals surface area contributed by atoms with Crippen LogP contribution >= 0.6 is 0 Å². The van der Waals surface area contributed by atoms with Gasteiger partial charge in [0, 0.05) is 0 Å². The van der Waals surface area contributed by atoms with E-state index in [1.165, 1.54) is 5.56 Å². The fourth-order valence-corrected chi connectivity index (χ4v) is 2.03. The second kappa shape index (κ2) is 3.62. The summed E-state index contributed by atoms with van der Waals surface area (Å²) in [6.07, 6.45) is 0.459. The first-order chi connectivity index (χ1) is 7.39. The second-order valence-corrected chi connectivity index (χ2v) is 5.37. The highest BCUT2D eigenvalue weighted by Gasteiger charge is 2.32. The molecular formula is C14H18O2. The lowest BCUT2D eigenvalue weighted by Crippen LogP contribution is -2.35. The number of rotatable bonds is 1. The Bertz CT molecular complexity index is 430. The van der Waals surface area contributed by atoms with Crippen LogP contribution in [-0.2, 0) is 0 Å². The molecule has 0 amide bonds. The Balaban J connectivity index is 2.46. The predicted octanol–water partition coefficient (Wildman–Crippen LogP) is 3.55. The number of hydrogen-bond acceptors (Lipinski definition) is 2. The summed E-state index contributed by atoms with van der Waals surface area (Å²) in [5.74, 6) is 1.38. The summed E-state index contributed by atoms with van der Waals surface area (Å²) < 4.78 is 5.86. The molecule has 0 aromatic heterocycles. The summed E-state index contributed by atoms with van der Waals surface area (Å²) in [6, 6.07) is 5.91. The van der Waals surface area contributed by atoms with E-state index < -0.39 is 0 Å². The highest BCUT2D eigenvalue weighted by molar-refractivity contribution is 6.00. The largest absolute Gasteiger partial charge is 0.487 e. The molecule has 0 aliphatic carbocycles. The maximum Gasteiger partial charge on any atom is 0.170 e. The van der Waals surface area contributed by atoms with Crippen LogP contribution in [0.2, 0.25) is 0 Å². The van der Waals surface area contributed by atoms with E-state index in [1.807, 2.05) is 32.0 Å². The average Bonchev–Trinajstić information content (AvgIpc) is 2.14. The van der Waals surface area contributed by atoms with Gasteiger partial charge < -0.3 is 4.74 Å². The molecule has 1 heterocycles. The first-order valence-corrected chi connectivity index (χ1v) is 5.75. The smallest absolute Gasteiger partial charge is 0.170 e. The maximum absolute atomic E-state index is 11.9. The average molecular weight is 218 g/mol. The normalized spacial score (nSPS) is 18.2. The van der Waals surface area contributed by atoms with Crippen molar-refractivity contribution in [3.05, 3.63) is 29.3 Å². The van der Waals surface area contributed by atoms with Gasteiger partial charge in [-0.25, -0.2) is 0 Å².